The summed E-state index contributed by atoms with van der Waals surface area (Å²) in [4.78, 5) is 22.8. The highest BCUT2D eigenvalue weighted by Crippen LogP contribution is 2.17. The van der Waals surface area contributed by atoms with Gasteiger partial charge in [0.1, 0.15) is 12.2 Å². The fourth-order valence-electron chi connectivity index (χ4n) is 1.17. The highest BCUT2D eigenvalue weighted by molar-refractivity contribution is 5.97. The molecule has 1 aliphatic rings. The summed E-state index contributed by atoms with van der Waals surface area (Å²) >= 11 is 0. The van der Waals surface area contributed by atoms with Gasteiger partial charge in [-0.25, -0.2) is 4.63 Å². The Morgan fingerprint density at radius 2 is 2.38 bits per heavy atom. The Morgan fingerprint density at radius 3 is 3.00 bits per heavy atom. The minimum absolute atomic E-state index is 0.112. The maximum absolute atomic E-state index is 11.3. The summed E-state index contributed by atoms with van der Waals surface area (Å²) in [6.45, 7) is -0.180. The van der Waals surface area contributed by atoms with Gasteiger partial charge >= 0.3 is 5.97 Å². The third-order valence-electron chi connectivity index (χ3n) is 1.71. The minimum atomic E-state index is -1.06. The van der Waals surface area contributed by atoms with Crippen molar-refractivity contribution >= 4 is 11.9 Å². The van der Waals surface area contributed by atoms with Crippen LogP contribution in [0.4, 0.5) is 0 Å². The Bertz CT molecular complexity index is 372. The molecule has 7 nitrogen and oxygen atoms in total. The molecule has 1 amide bonds. The van der Waals surface area contributed by atoms with E-state index >= 15 is 0 Å². The molecular formula is C6H5N3O4. The van der Waals surface area contributed by atoms with E-state index in [1.807, 2.05) is 0 Å². The van der Waals surface area contributed by atoms with Gasteiger partial charge in [0.15, 0.2) is 5.69 Å². The average molecular weight is 183 g/mol. The predicted molar refractivity (Wildman–Crippen MR) is 36.7 cm³/mol. The number of fused-ring (bicyclic) bond motifs is 1. The second-order valence-corrected chi connectivity index (χ2v) is 2.61. The molecular weight excluding hydrogens is 178 g/mol. The van der Waals surface area contributed by atoms with Crippen molar-refractivity contribution in [2.75, 3.05) is 6.54 Å². The Hall–Kier alpha value is -1.92. The number of carboxylic acids is 1. The molecule has 1 aliphatic heterocycles. The smallest absolute Gasteiger partial charge is 0.323 e. The van der Waals surface area contributed by atoms with E-state index in [2.05, 4.69) is 14.9 Å². The molecule has 1 aromatic rings. The molecule has 68 valence electrons. The van der Waals surface area contributed by atoms with Crippen LogP contribution in [0.15, 0.2) is 4.63 Å². The van der Waals surface area contributed by atoms with Crippen LogP contribution in [0.2, 0.25) is 0 Å². The number of nitrogens with zero attached hydrogens (tertiary/aromatic N) is 3. The molecule has 1 N–H and O–H groups in total. The van der Waals surface area contributed by atoms with Crippen LogP contribution in [0.1, 0.15) is 16.2 Å². The monoisotopic (exact) mass is 183 g/mol. The lowest BCUT2D eigenvalue weighted by Crippen LogP contribution is -2.30. The van der Waals surface area contributed by atoms with Gasteiger partial charge in [-0.15, -0.1) is 0 Å². The van der Waals surface area contributed by atoms with E-state index in [9.17, 15) is 9.59 Å². The van der Waals surface area contributed by atoms with E-state index < -0.39 is 11.9 Å². The first-order chi connectivity index (χ1) is 6.18. The summed E-state index contributed by atoms with van der Waals surface area (Å²) in [5, 5.41) is 15.3. The number of carbonyl (C=O) groups is 2. The van der Waals surface area contributed by atoms with Crippen LogP contribution < -0.4 is 0 Å². The SMILES string of the molecule is O=C(O)CN1Cc2nonc2C1=O. The average Bonchev–Trinajstić information content (AvgIpc) is 2.56. The lowest BCUT2D eigenvalue weighted by molar-refractivity contribution is -0.137. The van der Waals surface area contributed by atoms with Crippen molar-refractivity contribution in [3.8, 4) is 0 Å². The van der Waals surface area contributed by atoms with Gasteiger partial charge in [0.2, 0.25) is 0 Å². The topological polar surface area (TPSA) is 96.5 Å². The molecule has 0 fully saturated rings. The first-order valence-corrected chi connectivity index (χ1v) is 3.51. The van der Waals surface area contributed by atoms with Crippen LogP contribution in [0.3, 0.4) is 0 Å². The lowest BCUT2D eigenvalue weighted by atomic mass is 10.4. The predicted octanol–water partition coefficient (Wildman–Crippen LogP) is -0.890. The van der Waals surface area contributed by atoms with Crippen molar-refractivity contribution in [1.29, 1.82) is 0 Å². The van der Waals surface area contributed by atoms with E-state index in [0.29, 0.717) is 5.69 Å². The van der Waals surface area contributed by atoms with Crippen molar-refractivity contribution in [1.82, 2.24) is 15.2 Å². The molecule has 0 saturated carbocycles. The number of hydrogen-bond donors (Lipinski definition) is 1. The van der Waals surface area contributed by atoms with Crippen molar-refractivity contribution in [3.63, 3.8) is 0 Å². The Balaban J connectivity index is 2.19. The number of amides is 1. The molecule has 0 saturated heterocycles. The van der Waals surface area contributed by atoms with Crippen molar-refractivity contribution in [2.45, 2.75) is 6.54 Å². The number of aliphatic carboxylic acids is 1. The standard InChI is InChI=1S/C6H5N3O4/c10-4(11)2-9-1-3-5(6(9)12)8-13-7-3/h1-2H2,(H,10,11). The largest absolute Gasteiger partial charge is 0.480 e. The highest BCUT2D eigenvalue weighted by Gasteiger charge is 2.33. The number of carbonyl (C=O) groups excluding carboxylic acids is 1. The van der Waals surface area contributed by atoms with Gasteiger partial charge in [-0.3, -0.25) is 9.59 Å². The quantitative estimate of drug-likeness (QED) is 0.638. The van der Waals surface area contributed by atoms with Gasteiger partial charge in [0.25, 0.3) is 5.91 Å². The molecule has 0 spiro atoms. The summed E-state index contributed by atoms with van der Waals surface area (Å²) in [5.74, 6) is -1.51. The van der Waals surface area contributed by atoms with Gasteiger partial charge in [-0.05, 0) is 5.16 Å². The molecule has 0 unspecified atom stereocenters. The fourth-order valence-corrected chi connectivity index (χ4v) is 1.17. The van der Waals surface area contributed by atoms with Crippen LogP contribution >= 0.6 is 0 Å². The fraction of sp³-hybridized carbons (Fsp3) is 0.333. The number of aromatic nitrogens is 2. The summed E-state index contributed by atoms with van der Waals surface area (Å²) in [5.41, 5.74) is 0.507. The van der Waals surface area contributed by atoms with Crippen LogP contribution in [-0.2, 0) is 11.3 Å². The Labute approximate surface area is 71.9 Å². The van der Waals surface area contributed by atoms with Crippen molar-refractivity contribution < 1.29 is 19.3 Å². The third-order valence-corrected chi connectivity index (χ3v) is 1.71. The lowest BCUT2D eigenvalue weighted by Gasteiger charge is -2.10. The molecule has 0 atom stereocenters. The maximum Gasteiger partial charge on any atom is 0.323 e. The van der Waals surface area contributed by atoms with Crippen LogP contribution in [0.5, 0.6) is 0 Å². The molecule has 1 aromatic heterocycles. The zero-order valence-electron chi connectivity index (χ0n) is 6.43. The maximum atomic E-state index is 11.3. The van der Waals surface area contributed by atoms with E-state index in [-0.39, 0.29) is 18.8 Å². The molecule has 2 heterocycles. The van der Waals surface area contributed by atoms with Crippen molar-refractivity contribution in [3.05, 3.63) is 11.4 Å². The highest BCUT2D eigenvalue weighted by atomic mass is 16.6. The van der Waals surface area contributed by atoms with Crippen molar-refractivity contribution in [2.24, 2.45) is 0 Å². The van der Waals surface area contributed by atoms with Crippen LogP contribution in [-0.4, -0.2) is 38.7 Å². The third kappa shape index (κ3) is 1.13. The summed E-state index contributed by atoms with van der Waals surface area (Å²) < 4.78 is 4.32. The van der Waals surface area contributed by atoms with E-state index in [0.717, 1.165) is 4.90 Å². The van der Waals surface area contributed by atoms with E-state index in [1.165, 1.54) is 0 Å². The Morgan fingerprint density at radius 1 is 1.62 bits per heavy atom. The van der Waals surface area contributed by atoms with Crippen LogP contribution in [0.25, 0.3) is 0 Å². The normalized spacial score (nSPS) is 14.8. The summed E-state index contributed by atoms with van der Waals surface area (Å²) in [6.07, 6.45) is 0. The van der Waals surface area contributed by atoms with E-state index in [4.69, 9.17) is 5.11 Å². The number of carboxylic acid groups (broad SMARTS) is 1. The number of hydrogen-bond acceptors (Lipinski definition) is 5. The van der Waals surface area contributed by atoms with Gasteiger partial charge in [0, 0.05) is 0 Å². The molecule has 0 aromatic carbocycles. The zero-order valence-corrected chi connectivity index (χ0v) is 6.43. The second kappa shape index (κ2) is 2.54. The zero-order chi connectivity index (χ0) is 9.42. The van der Waals surface area contributed by atoms with Gasteiger partial charge in [0.05, 0.1) is 6.54 Å². The van der Waals surface area contributed by atoms with Crippen LogP contribution in [0, 0.1) is 0 Å². The van der Waals surface area contributed by atoms with E-state index in [1.54, 1.807) is 0 Å². The Kier molecular flexibility index (Phi) is 1.51. The molecule has 7 heteroatoms. The molecule has 13 heavy (non-hydrogen) atoms. The minimum Gasteiger partial charge on any atom is -0.480 e. The number of rotatable bonds is 2. The molecule has 0 radical (unpaired) electrons. The van der Waals surface area contributed by atoms with Gasteiger partial charge in [-0.1, -0.05) is 5.16 Å². The second-order valence-electron chi connectivity index (χ2n) is 2.61. The molecule has 0 bridgehead atoms. The molecule has 2 rings (SSSR count). The van der Waals surface area contributed by atoms with Gasteiger partial charge in [-0.2, -0.15) is 0 Å². The van der Waals surface area contributed by atoms with Gasteiger partial charge < -0.3 is 10.0 Å². The first kappa shape index (κ1) is 7.71. The summed E-state index contributed by atoms with van der Waals surface area (Å²) in [6, 6.07) is 0. The molecule has 0 aliphatic carbocycles. The summed E-state index contributed by atoms with van der Waals surface area (Å²) in [7, 11) is 0. The first-order valence-electron chi connectivity index (χ1n) is 3.51.